The fourth-order valence-corrected chi connectivity index (χ4v) is 1.76. The fraction of sp³-hybridized carbons (Fsp3) is 0.200. The maximum atomic E-state index is 10.8. The molecule has 1 aromatic carbocycles. The summed E-state index contributed by atoms with van der Waals surface area (Å²) in [7, 11) is 0. The van der Waals surface area contributed by atoms with Crippen molar-refractivity contribution in [2.45, 2.75) is 13.8 Å². The first-order chi connectivity index (χ1) is 6.54. The summed E-state index contributed by atoms with van der Waals surface area (Å²) in [5.74, 6) is 0. The molecule has 1 rings (SSSR count). The Morgan fingerprint density at radius 2 is 1.14 bits per heavy atom. The van der Waals surface area contributed by atoms with Gasteiger partial charge in [0.25, 0.3) is 0 Å². The smallest absolute Gasteiger partial charge is 0.151 e. The highest BCUT2D eigenvalue weighted by atomic mass is 35.5. The van der Waals surface area contributed by atoms with Gasteiger partial charge in [-0.3, -0.25) is 9.59 Å². The van der Waals surface area contributed by atoms with E-state index in [0.29, 0.717) is 44.9 Å². The zero-order valence-corrected chi connectivity index (χ0v) is 9.24. The SMILES string of the molecule is Cc1c(Cl)c(Cl)c(C)c(C=O)c1C=O. The lowest BCUT2D eigenvalue weighted by molar-refractivity contribution is 0.109. The van der Waals surface area contributed by atoms with Gasteiger partial charge in [-0.15, -0.1) is 0 Å². The molecule has 0 atom stereocenters. The van der Waals surface area contributed by atoms with E-state index in [1.54, 1.807) is 13.8 Å². The van der Waals surface area contributed by atoms with E-state index in [0.717, 1.165) is 0 Å². The van der Waals surface area contributed by atoms with Crippen LogP contribution in [0.1, 0.15) is 31.8 Å². The number of halogens is 2. The van der Waals surface area contributed by atoms with Crippen LogP contribution in [0.15, 0.2) is 0 Å². The molecule has 0 N–H and O–H groups in total. The molecule has 0 unspecified atom stereocenters. The predicted molar refractivity (Wildman–Crippen MR) is 56.7 cm³/mol. The molecule has 0 bridgehead atoms. The van der Waals surface area contributed by atoms with Gasteiger partial charge in [0.05, 0.1) is 10.0 Å². The normalized spacial score (nSPS) is 10.0. The molecule has 0 amide bonds. The van der Waals surface area contributed by atoms with E-state index in [1.807, 2.05) is 0 Å². The molecule has 0 aliphatic carbocycles. The summed E-state index contributed by atoms with van der Waals surface area (Å²) in [4.78, 5) is 21.5. The molecule has 0 aromatic heterocycles. The largest absolute Gasteiger partial charge is 0.298 e. The Kier molecular flexibility index (Phi) is 3.29. The van der Waals surface area contributed by atoms with Gasteiger partial charge >= 0.3 is 0 Å². The molecule has 0 saturated heterocycles. The molecule has 0 heterocycles. The molecule has 0 radical (unpaired) electrons. The molecule has 1 aromatic rings. The third-order valence-corrected chi connectivity index (χ3v) is 3.23. The lowest BCUT2D eigenvalue weighted by atomic mass is 9.99. The standard InChI is InChI=1S/C10H8Cl2O2/c1-5-7(3-13)8(4-14)6(2)10(12)9(5)11/h3-4H,1-2H3. The average Bonchev–Trinajstić information content (AvgIpc) is 2.20. The minimum atomic E-state index is 0.312. The molecule has 2 nitrogen and oxygen atoms in total. The highest BCUT2D eigenvalue weighted by Crippen LogP contribution is 2.33. The van der Waals surface area contributed by atoms with Gasteiger partial charge in [-0.2, -0.15) is 0 Å². The Labute approximate surface area is 91.8 Å². The van der Waals surface area contributed by atoms with Crippen LogP contribution in [0.3, 0.4) is 0 Å². The molecule has 4 heteroatoms. The van der Waals surface area contributed by atoms with Gasteiger partial charge in [-0.1, -0.05) is 23.2 Å². The Balaban J connectivity index is 3.73. The third-order valence-electron chi connectivity index (χ3n) is 2.19. The Morgan fingerprint density at radius 1 is 0.857 bits per heavy atom. The second-order valence-corrected chi connectivity index (χ2v) is 3.70. The second kappa shape index (κ2) is 4.11. The van der Waals surface area contributed by atoms with Crippen molar-refractivity contribution in [3.8, 4) is 0 Å². The minimum absolute atomic E-state index is 0.312. The third kappa shape index (κ3) is 1.56. The van der Waals surface area contributed by atoms with Crippen LogP contribution in [0.5, 0.6) is 0 Å². The van der Waals surface area contributed by atoms with Gasteiger partial charge < -0.3 is 0 Å². The fourth-order valence-electron chi connectivity index (χ4n) is 1.27. The van der Waals surface area contributed by atoms with Crippen LogP contribution in [0.4, 0.5) is 0 Å². The monoisotopic (exact) mass is 230 g/mol. The summed E-state index contributed by atoms with van der Waals surface area (Å²) in [5.41, 5.74) is 1.71. The molecule has 0 fully saturated rings. The van der Waals surface area contributed by atoms with Gasteiger partial charge in [-0.25, -0.2) is 0 Å². The van der Waals surface area contributed by atoms with E-state index in [4.69, 9.17) is 23.2 Å². The number of hydrogen-bond acceptors (Lipinski definition) is 2. The molecule has 0 aliphatic rings. The summed E-state index contributed by atoms with van der Waals surface area (Å²) < 4.78 is 0. The first kappa shape index (κ1) is 11.2. The van der Waals surface area contributed by atoms with E-state index in [-0.39, 0.29) is 0 Å². The molecule has 0 saturated carbocycles. The number of rotatable bonds is 2. The summed E-state index contributed by atoms with van der Waals surface area (Å²) in [6.07, 6.45) is 1.24. The highest BCUT2D eigenvalue weighted by molar-refractivity contribution is 6.43. The highest BCUT2D eigenvalue weighted by Gasteiger charge is 2.16. The molecule has 74 valence electrons. The van der Waals surface area contributed by atoms with Crippen molar-refractivity contribution in [1.82, 2.24) is 0 Å². The van der Waals surface area contributed by atoms with Crippen LogP contribution in [0, 0.1) is 13.8 Å². The minimum Gasteiger partial charge on any atom is -0.298 e. The van der Waals surface area contributed by atoms with E-state index in [9.17, 15) is 9.59 Å². The molecular weight excluding hydrogens is 223 g/mol. The number of carbonyl (C=O) groups is 2. The van der Waals surface area contributed by atoms with Crippen molar-refractivity contribution in [2.75, 3.05) is 0 Å². The van der Waals surface area contributed by atoms with Crippen molar-refractivity contribution < 1.29 is 9.59 Å². The van der Waals surface area contributed by atoms with Crippen molar-refractivity contribution in [2.24, 2.45) is 0 Å². The van der Waals surface area contributed by atoms with E-state index in [2.05, 4.69) is 0 Å². The zero-order valence-electron chi connectivity index (χ0n) is 7.73. The second-order valence-electron chi connectivity index (χ2n) is 2.94. The number of carbonyl (C=O) groups excluding carboxylic acids is 2. The number of aldehydes is 2. The average molecular weight is 231 g/mol. The van der Waals surface area contributed by atoms with Crippen molar-refractivity contribution >= 4 is 35.8 Å². The van der Waals surface area contributed by atoms with Gasteiger partial charge in [0.2, 0.25) is 0 Å². The maximum Gasteiger partial charge on any atom is 0.151 e. The van der Waals surface area contributed by atoms with E-state index >= 15 is 0 Å². The first-order valence-corrected chi connectivity index (χ1v) is 4.68. The molecular formula is C10H8Cl2O2. The van der Waals surface area contributed by atoms with Crippen LogP contribution >= 0.6 is 23.2 Å². The van der Waals surface area contributed by atoms with Crippen LogP contribution in [0.2, 0.25) is 10.0 Å². The lowest BCUT2D eigenvalue weighted by Gasteiger charge is -2.10. The van der Waals surface area contributed by atoms with Gasteiger partial charge in [-0.05, 0) is 25.0 Å². The summed E-state index contributed by atoms with van der Waals surface area (Å²) >= 11 is 11.8. The lowest BCUT2D eigenvalue weighted by Crippen LogP contribution is -2.00. The molecule has 0 aliphatic heterocycles. The predicted octanol–water partition coefficient (Wildman–Crippen LogP) is 3.24. The van der Waals surface area contributed by atoms with E-state index in [1.165, 1.54) is 0 Å². The summed E-state index contributed by atoms with van der Waals surface area (Å²) in [6.45, 7) is 3.31. The van der Waals surface area contributed by atoms with Crippen molar-refractivity contribution in [3.63, 3.8) is 0 Å². The summed E-state index contributed by atoms with van der Waals surface area (Å²) in [6, 6.07) is 0. The van der Waals surface area contributed by atoms with Crippen LogP contribution in [-0.2, 0) is 0 Å². The Bertz CT molecular complexity index is 372. The summed E-state index contributed by atoms with van der Waals surface area (Å²) in [5, 5.41) is 0.661. The zero-order chi connectivity index (χ0) is 10.9. The van der Waals surface area contributed by atoms with Gasteiger partial charge in [0.15, 0.2) is 12.6 Å². The molecule has 0 spiro atoms. The first-order valence-electron chi connectivity index (χ1n) is 3.93. The van der Waals surface area contributed by atoms with E-state index < -0.39 is 0 Å². The topological polar surface area (TPSA) is 34.1 Å². The van der Waals surface area contributed by atoms with Crippen LogP contribution in [0.25, 0.3) is 0 Å². The quantitative estimate of drug-likeness (QED) is 0.732. The van der Waals surface area contributed by atoms with Gasteiger partial charge in [0, 0.05) is 11.1 Å². The van der Waals surface area contributed by atoms with Crippen molar-refractivity contribution in [1.29, 1.82) is 0 Å². The van der Waals surface area contributed by atoms with Crippen LogP contribution < -0.4 is 0 Å². The Morgan fingerprint density at radius 3 is 1.36 bits per heavy atom. The number of hydrogen-bond donors (Lipinski definition) is 0. The Hall–Kier alpha value is -0.860. The molecule has 14 heavy (non-hydrogen) atoms. The maximum absolute atomic E-state index is 10.8. The number of benzene rings is 1. The van der Waals surface area contributed by atoms with Crippen LogP contribution in [-0.4, -0.2) is 12.6 Å². The van der Waals surface area contributed by atoms with Crippen molar-refractivity contribution in [3.05, 3.63) is 32.3 Å². The van der Waals surface area contributed by atoms with Gasteiger partial charge in [0.1, 0.15) is 0 Å².